The molecule has 6 nitrogen and oxygen atoms in total. The molecule has 0 aromatic carbocycles. The van der Waals surface area contributed by atoms with Gasteiger partial charge in [0.15, 0.2) is 0 Å². The van der Waals surface area contributed by atoms with Crippen molar-refractivity contribution in [3.63, 3.8) is 0 Å². The quantitative estimate of drug-likeness (QED) is 0.0321. The highest BCUT2D eigenvalue weighted by atomic mass is 16.5. The maximum Gasteiger partial charge on any atom is 0.305 e. The van der Waals surface area contributed by atoms with E-state index in [4.69, 9.17) is 4.74 Å². The van der Waals surface area contributed by atoms with Crippen LogP contribution in [-0.2, 0) is 14.3 Å². The van der Waals surface area contributed by atoms with Gasteiger partial charge in [-0.05, 0) is 32.1 Å². The summed E-state index contributed by atoms with van der Waals surface area (Å²) < 4.78 is 5.47. The summed E-state index contributed by atoms with van der Waals surface area (Å²) in [5, 5.41) is 23.1. The average Bonchev–Trinajstić information content (AvgIpc) is 3.36. The van der Waals surface area contributed by atoms with Gasteiger partial charge in [-0.15, -0.1) is 0 Å². The molecule has 0 saturated carbocycles. The highest BCUT2D eigenvalue weighted by Gasteiger charge is 2.18. The molecule has 0 aliphatic carbocycles. The Morgan fingerprint density at radius 1 is 0.386 bits per heavy atom. The minimum atomic E-state index is -0.840. The number of aliphatic hydroxyl groups excluding tert-OH is 2. The van der Waals surface area contributed by atoms with Crippen molar-refractivity contribution < 1.29 is 24.5 Å². The molecule has 0 aliphatic heterocycles. The maximum absolute atomic E-state index is 12.5. The van der Waals surface area contributed by atoms with Crippen molar-refractivity contribution in [1.82, 2.24) is 5.32 Å². The smallest absolute Gasteiger partial charge is 0.305 e. The molecule has 0 aromatic heterocycles. The van der Waals surface area contributed by atoms with Crippen LogP contribution >= 0.6 is 0 Å². The SMILES string of the molecule is CCCCCCCCCCCCC/C=C/C(O)C(CO)NC(=O)CCCCCCCCCCCCCCCCCCCCCCCCCCCCCCCOC(=O)CCCCCCCCCCCCC. The monoisotopic (exact) mass is 988 g/mol. The molecular weight excluding hydrogens is 863 g/mol. The molecule has 3 N–H and O–H groups in total. The van der Waals surface area contributed by atoms with E-state index in [0.29, 0.717) is 19.4 Å². The topological polar surface area (TPSA) is 95.9 Å². The molecule has 6 heteroatoms. The number of ether oxygens (including phenoxy) is 1. The van der Waals surface area contributed by atoms with Crippen LogP contribution in [0.1, 0.15) is 361 Å². The van der Waals surface area contributed by atoms with Crippen molar-refractivity contribution in [2.24, 2.45) is 0 Å². The van der Waals surface area contributed by atoms with Crippen molar-refractivity contribution in [1.29, 1.82) is 0 Å². The van der Waals surface area contributed by atoms with Crippen molar-refractivity contribution in [3.8, 4) is 0 Å². The molecule has 0 spiro atoms. The summed E-state index contributed by atoms with van der Waals surface area (Å²) in [4.78, 5) is 24.4. The number of aliphatic hydroxyl groups is 2. The predicted octanol–water partition coefficient (Wildman–Crippen LogP) is 20.0. The number of hydrogen-bond acceptors (Lipinski definition) is 5. The molecule has 0 bridgehead atoms. The molecular formula is C64H125NO5. The first-order valence-corrected chi connectivity index (χ1v) is 32.0. The van der Waals surface area contributed by atoms with E-state index >= 15 is 0 Å². The number of esters is 1. The van der Waals surface area contributed by atoms with Gasteiger partial charge in [-0.2, -0.15) is 0 Å². The van der Waals surface area contributed by atoms with Crippen molar-refractivity contribution >= 4 is 11.9 Å². The van der Waals surface area contributed by atoms with Gasteiger partial charge in [-0.3, -0.25) is 9.59 Å². The van der Waals surface area contributed by atoms with Crippen LogP contribution in [0.25, 0.3) is 0 Å². The number of hydrogen-bond donors (Lipinski definition) is 3. The minimum absolute atomic E-state index is 0.0193. The van der Waals surface area contributed by atoms with Crippen molar-refractivity contribution in [3.05, 3.63) is 12.2 Å². The highest BCUT2D eigenvalue weighted by molar-refractivity contribution is 5.76. The van der Waals surface area contributed by atoms with Gasteiger partial charge in [-0.1, -0.05) is 328 Å². The van der Waals surface area contributed by atoms with E-state index in [1.54, 1.807) is 6.08 Å². The Kier molecular flexibility index (Phi) is 59.0. The zero-order valence-electron chi connectivity index (χ0n) is 47.5. The van der Waals surface area contributed by atoms with Gasteiger partial charge in [0.05, 0.1) is 25.4 Å². The summed E-state index contributed by atoms with van der Waals surface area (Å²) in [7, 11) is 0. The van der Waals surface area contributed by atoms with Crippen LogP contribution < -0.4 is 5.32 Å². The van der Waals surface area contributed by atoms with Gasteiger partial charge in [0.1, 0.15) is 0 Å². The van der Waals surface area contributed by atoms with Crippen LogP contribution in [0.3, 0.4) is 0 Å². The second-order valence-corrected chi connectivity index (χ2v) is 22.1. The first-order valence-electron chi connectivity index (χ1n) is 32.0. The van der Waals surface area contributed by atoms with Crippen molar-refractivity contribution in [2.45, 2.75) is 373 Å². The molecule has 0 saturated heterocycles. The second kappa shape index (κ2) is 60.2. The van der Waals surface area contributed by atoms with Crippen LogP contribution in [0.15, 0.2) is 12.2 Å². The number of nitrogens with one attached hydrogen (secondary N) is 1. The highest BCUT2D eigenvalue weighted by Crippen LogP contribution is 2.18. The number of unbranched alkanes of at least 4 members (excludes halogenated alkanes) is 49. The first kappa shape index (κ1) is 68.6. The second-order valence-electron chi connectivity index (χ2n) is 22.1. The number of amides is 1. The fraction of sp³-hybridized carbons (Fsp3) is 0.938. The van der Waals surface area contributed by atoms with Gasteiger partial charge in [0.2, 0.25) is 5.91 Å². The summed E-state index contributed by atoms with van der Waals surface area (Å²) >= 11 is 0. The average molecular weight is 989 g/mol. The third-order valence-corrected chi connectivity index (χ3v) is 15.1. The summed E-state index contributed by atoms with van der Waals surface area (Å²) in [6.07, 6.45) is 72.7. The fourth-order valence-corrected chi connectivity index (χ4v) is 10.2. The lowest BCUT2D eigenvalue weighted by Gasteiger charge is -2.20. The van der Waals surface area contributed by atoms with Crippen LogP contribution in [0, 0.1) is 0 Å². The van der Waals surface area contributed by atoms with Gasteiger partial charge in [-0.25, -0.2) is 0 Å². The van der Waals surface area contributed by atoms with Gasteiger partial charge < -0.3 is 20.3 Å². The number of allylic oxidation sites excluding steroid dienone is 1. The fourth-order valence-electron chi connectivity index (χ4n) is 10.2. The number of carbonyl (C=O) groups is 2. The molecule has 1 amide bonds. The molecule has 416 valence electrons. The van der Waals surface area contributed by atoms with Crippen LogP contribution in [0.2, 0.25) is 0 Å². The molecule has 2 unspecified atom stereocenters. The molecule has 0 aromatic rings. The van der Waals surface area contributed by atoms with E-state index in [0.717, 1.165) is 38.5 Å². The lowest BCUT2D eigenvalue weighted by atomic mass is 10.0. The first-order chi connectivity index (χ1) is 34.5. The largest absolute Gasteiger partial charge is 0.466 e. The predicted molar refractivity (Wildman–Crippen MR) is 306 cm³/mol. The maximum atomic E-state index is 12.5. The van der Waals surface area contributed by atoms with Crippen LogP contribution in [0.5, 0.6) is 0 Å². The van der Waals surface area contributed by atoms with E-state index in [9.17, 15) is 19.8 Å². The Morgan fingerprint density at radius 3 is 0.971 bits per heavy atom. The Labute approximate surface area is 438 Å². The molecule has 0 heterocycles. The van der Waals surface area contributed by atoms with Crippen LogP contribution in [0.4, 0.5) is 0 Å². The summed E-state index contributed by atoms with van der Waals surface area (Å²) in [6, 6.07) is -0.623. The minimum Gasteiger partial charge on any atom is -0.466 e. The Hall–Kier alpha value is -1.40. The lowest BCUT2D eigenvalue weighted by Crippen LogP contribution is -2.45. The molecule has 0 radical (unpaired) electrons. The standard InChI is InChI=1S/C64H125NO5/c1-3-5-7-9-11-13-15-33-37-40-44-48-52-56-62(67)61(60-66)65-63(68)57-53-49-45-41-38-34-31-29-27-25-23-21-19-17-16-18-20-22-24-26-28-30-32-35-39-43-47-51-55-59-70-64(69)58-54-50-46-42-36-14-12-10-8-6-4-2/h52,56,61-62,66-67H,3-51,53-55,57-60H2,1-2H3,(H,65,68)/b56-52+. The Morgan fingerprint density at radius 2 is 0.657 bits per heavy atom. The number of carbonyl (C=O) groups excluding carboxylic acids is 2. The van der Waals surface area contributed by atoms with Gasteiger partial charge in [0.25, 0.3) is 0 Å². The summed E-state index contributed by atoms with van der Waals surface area (Å²) in [5.74, 6) is -0.0436. The number of rotatable bonds is 60. The zero-order valence-corrected chi connectivity index (χ0v) is 47.5. The zero-order chi connectivity index (χ0) is 50.7. The third kappa shape index (κ3) is 55.9. The van der Waals surface area contributed by atoms with E-state index in [2.05, 4.69) is 19.2 Å². The van der Waals surface area contributed by atoms with Crippen LogP contribution in [-0.4, -0.2) is 47.4 Å². The molecule has 0 fully saturated rings. The summed E-state index contributed by atoms with van der Waals surface area (Å²) in [5.41, 5.74) is 0. The van der Waals surface area contributed by atoms with Crippen molar-refractivity contribution in [2.75, 3.05) is 13.2 Å². The van der Waals surface area contributed by atoms with Gasteiger partial charge >= 0.3 is 5.97 Å². The molecule has 0 aliphatic rings. The third-order valence-electron chi connectivity index (χ3n) is 15.1. The summed E-state index contributed by atoms with van der Waals surface area (Å²) in [6.45, 7) is 4.92. The van der Waals surface area contributed by atoms with E-state index in [1.165, 1.54) is 295 Å². The van der Waals surface area contributed by atoms with Gasteiger partial charge in [0, 0.05) is 12.8 Å². The normalized spacial score (nSPS) is 12.6. The Bertz CT molecular complexity index is 1050. The van der Waals surface area contributed by atoms with E-state index in [-0.39, 0.29) is 18.5 Å². The Balaban J connectivity index is 3.34. The van der Waals surface area contributed by atoms with E-state index < -0.39 is 12.1 Å². The van der Waals surface area contributed by atoms with E-state index in [1.807, 2.05) is 6.08 Å². The molecule has 70 heavy (non-hydrogen) atoms. The molecule has 2 atom stereocenters. The molecule has 0 rings (SSSR count). The lowest BCUT2D eigenvalue weighted by molar-refractivity contribution is -0.143.